The molecule has 0 unspecified atom stereocenters. The van der Waals surface area contributed by atoms with Crippen LogP contribution in [0.4, 0.5) is 4.79 Å². The van der Waals surface area contributed by atoms with Crippen LogP contribution in [0.15, 0.2) is 48.1 Å². The van der Waals surface area contributed by atoms with Gasteiger partial charge in [-0.1, -0.05) is 30.9 Å². The number of hydrogen-bond acceptors (Lipinski definition) is 3. The molecule has 0 atom stereocenters. The lowest BCUT2D eigenvalue weighted by Gasteiger charge is -2.02. The highest BCUT2D eigenvalue weighted by molar-refractivity contribution is 5.96. The molecule has 0 saturated heterocycles. The highest BCUT2D eigenvalue weighted by Crippen LogP contribution is 2.13. The first-order chi connectivity index (χ1) is 9.11. The van der Waals surface area contributed by atoms with Gasteiger partial charge in [0, 0.05) is 0 Å². The average Bonchev–Trinajstić information content (AvgIpc) is 2.41. The van der Waals surface area contributed by atoms with Crippen molar-refractivity contribution in [1.82, 2.24) is 5.43 Å². The van der Waals surface area contributed by atoms with E-state index in [1.807, 2.05) is 30.3 Å². The summed E-state index contributed by atoms with van der Waals surface area (Å²) < 4.78 is 5.37. The number of nitrogens with one attached hydrogen (secondary N) is 1. The van der Waals surface area contributed by atoms with Crippen molar-refractivity contribution in [2.75, 3.05) is 6.61 Å². The third kappa shape index (κ3) is 6.07. The van der Waals surface area contributed by atoms with E-state index in [1.165, 1.54) is 0 Å². The zero-order valence-corrected chi connectivity index (χ0v) is 10.8. The Morgan fingerprint density at radius 2 is 2.16 bits per heavy atom. The predicted octanol–water partition coefficient (Wildman–Crippen LogP) is 2.31. The van der Waals surface area contributed by atoms with Gasteiger partial charge < -0.3 is 10.5 Å². The number of nitrogens with zero attached hydrogens (tertiary/aromatic N) is 1. The van der Waals surface area contributed by atoms with Crippen LogP contribution in [0.25, 0.3) is 6.08 Å². The third-order valence-corrected chi connectivity index (χ3v) is 2.11. The van der Waals surface area contributed by atoms with Crippen molar-refractivity contribution in [2.45, 2.75) is 6.92 Å². The molecule has 0 radical (unpaired) electrons. The molecular weight excluding hydrogens is 242 g/mol. The lowest BCUT2D eigenvalue weighted by atomic mass is 10.2. The van der Waals surface area contributed by atoms with Gasteiger partial charge in [-0.15, -0.1) is 0 Å². The number of primary amides is 1. The van der Waals surface area contributed by atoms with E-state index in [0.717, 1.165) is 11.3 Å². The molecule has 2 amide bonds. The Morgan fingerprint density at radius 3 is 2.74 bits per heavy atom. The van der Waals surface area contributed by atoms with Crippen LogP contribution in [0, 0.1) is 0 Å². The molecule has 5 nitrogen and oxygen atoms in total. The normalized spacial score (nSPS) is 11.3. The maximum Gasteiger partial charge on any atom is 0.332 e. The smallest absolute Gasteiger partial charge is 0.332 e. The SMILES string of the molecule is C=CCOc1ccc(C=CC(C)=NNC(N)=O)cc1. The number of carbonyl (C=O) groups excluding carboxylic acids is 1. The number of nitrogens with two attached hydrogens (primary N) is 1. The van der Waals surface area contributed by atoms with E-state index in [-0.39, 0.29) is 0 Å². The second-order valence-electron chi connectivity index (χ2n) is 3.73. The molecule has 0 aliphatic carbocycles. The lowest BCUT2D eigenvalue weighted by molar-refractivity contribution is 0.249. The van der Waals surface area contributed by atoms with E-state index in [2.05, 4.69) is 17.1 Å². The van der Waals surface area contributed by atoms with Crippen LogP contribution in [0.1, 0.15) is 12.5 Å². The summed E-state index contributed by atoms with van der Waals surface area (Å²) in [4.78, 5) is 10.5. The van der Waals surface area contributed by atoms with Crippen molar-refractivity contribution in [3.8, 4) is 5.75 Å². The molecule has 0 aliphatic heterocycles. The number of benzene rings is 1. The Balaban J connectivity index is 2.59. The number of hydrogen-bond donors (Lipinski definition) is 2. The molecule has 19 heavy (non-hydrogen) atoms. The Morgan fingerprint density at radius 1 is 1.47 bits per heavy atom. The second-order valence-corrected chi connectivity index (χ2v) is 3.73. The maximum atomic E-state index is 10.5. The van der Waals surface area contributed by atoms with Crippen molar-refractivity contribution >= 4 is 17.8 Å². The van der Waals surface area contributed by atoms with Crippen molar-refractivity contribution in [1.29, 1.82) is 0 Å². The molecule has 100 valence electrons. The number of ether oxygens (including phenoxy) is 1. The number of hydrazone groups is 1. The highest BCUT2D eigenvalue weighted by Gasteiger charge is 1.92. The zero-order valence-electron chi connectivity index (χ0n) is 10.8. The third-order valence-electron chi connectivity index (χ3n) is 2.11. The topological polar surface area (TPSA) is 76.7 Å². The van der Waals surface area contributed by atoms with Gasteiger partial charge in [0.1, 0.15) is 12.4 Å². The summed E-state index contributed by atoms with van der Waals surface area (Å²) in [6.45, 7) is 5.83. The number of rotatable bonds is 6. The fourth-order valence-corrected chi connectivity index (χ4v) is 1.23. The fourth-order valence-electron chi connectivity index (χ4n) is 1.23. The summed E-state index contributed by atoms with van der Waals surface area (Å²) >= 11 is 0. The molecule has 1 aromatic rings. The Kier molecular flexibility index (Phi) is 5.88. The molecule has 0 spiro atoms. The van der Waals surface area contributed by atoms with Gasteiger partial charge in [0.2, 0.25) is 0 Å². The van der Waals surface area contributed by atoms with E-state index in [0.29, 0.717) is 12.3 Å². The molecule has 5 heteroatoms. The number of urea groups is 1. The molecule has 1 rings (SSSR count). The van der Waals surface area contributed by atoms with E-state index in [1.54, 1.807) is 19.1 Å². The van der Waals surface area contributed by atoms with E-state index >= 15 is 0 Å². The first-order valence-corrected chi connectivity index (χ1v) is 5.73. The van der Waals surface area contributed by atoms with Gasteiger partial charge in [-0.3, -0.25) is 0 Å². The van der Waals surface area contributed by atoms with Crippen LogP contribution >= 0.6 is 0 Å². The van der Waals surface area contributed by atoms with Crippen LogP contribution in [-0.2, 0) is 0 Å². The first-order valence-electron chi connectivity index (χ1n) is 5.73. The van der Waals surface area contributed by atoms with E-state index in [9.17, 15) is 4.79 Å². The van der Waals surface area contributed by atoms with Crippen molar-refractivity contribution in [3.63, 3.8) is 0 Å². The Labute approximate surface area is 112 Å². The minimum Gasteiger partial charge on any atom is -0.490 e. The van der Waals surface area contributed by atoms with Crippen molar-refractivity contribution < 1.29 is 9.53 Å². The fraction of sp³-hybridized carbons (Fsp3) is 0.143. The molecule has 0 aliphatic rings. The summed E-state index contributed by atoms with van der Waals surface area (Å²) in [7, 11) is 0. The average molecular weight is 259 g/mol. The molecule has 0 fully saturated rings. The molecule has 0 bridgehead atoms. The molecule has 0 aromatic heterocycles. The molecule has 0 saturated carbocycles. The summed E-state index contributed by atoms with van der Waals surface area (Å²) in [5, 5.41) is 3.77. The summed E-state index contributed by atoms with van der Waals surface area (Å²) in [6.07, 6.45) is 5.34. The molecule has 3 N–H and O–H groups in total. The minimum atomic E-state index is -0.684. The molecular formula is C14H17N3O2. The Bertz CT molecular complexity index is 490. The van der Waals surface area contributed by atoms with Crippen LogP contribution in [0.2, 0.25) is 0 Å². The highest BCUT2D eigenvalue weighted by atomic mass is 16.5. The monoisotopic (exact) mass is 259 g/mol. The van der Waals surface area contributed by atoms with Gasteiger partial charge in [-0.25, -0.2) is 10.2 Å². The summed E-state index contributed by atoms with van der Waals surface area (Å²) in [5.41, 5.74) is 8.71. The maximum absolute atomic E-state index is 10.5. The zero-order chi connectivity index (χ0) is 14.1. The Hall–Kier alpha value is -2.56. The first kappa shape index (κ1) is 14.5. The van der Waals surface area contributed by atoms with Crippen molar-refractivity contribution in [2.24, 2.45) is 10.8 Å². The van der Waals surface area contributed by atoms with Crippen LogP contribution in [-0.4, -0.2) is 18.3 Å². The molecule has 0 heterocycles. The van der Waals surface area contributed by atoms with Gasteiger partial charge in [0.05, 0.1) is 5.71 Å². The van der Waals surface area contributed by atoms with Crippen molar-refractivity contribution in [3.05, 3.63) is 48.6 Å². The number of allylic oxidation sites excluding steroid dienone is 1. The number of carbonyl (C=O) groups is 1. The second kappa shape index (κ2) is 7.71. The van der Waals surface area contributed by atoms with E-state index in [4.69, 9.17) is 10.5 Å². The minimum absolute atomic E-state index is 0.486. The van der Waals surface area contributed by atoms with Gasteiger partial charge in [-0.05, 0) is 30.7 Å². The van der Waals surface area contributed by atoms with Gasteiger partial charge in [0.15, 0.2) is 0 Å². The van der Waals surface area contributed by atoms with Gasteiger partial charge in [-0.2, -0.15) is 5.10 Å². The van der Waals surface area contributed by atoms with E-state index < -0.39 is 6.03 Å². The quantitative estimate of drug-likeness (QED) is 0.467. The van der Waals surface area contributed by atoms with Gasteiger partial charge >= 0.3 is 6.03 Å². The standard InChI is InChI=1S/C14H17N3O2/c1-3-10-19-13-8-6-12(7-9-13)5-4-11(2)16-17-14(15)18/h3-9H,1,10H2,2H3,(H3,15,17,18). The summed E-state index contributed by atoms with van der Waals surface area (Å²) in [6, 6.07) is 6.90. The van der Waals surface area contributed by atoms with Crippen LogP contribution < -0.4 is 15.9 Å². The van der Waals surface area contributed by atoms with Gasteiger partial charge in [0.25, 0.3) is 0 Å². The van der Waals surface area contributed by atoms with Crippen LogP contribution in [0.3, 0.4) is 0 Å². The largest absolute Gasteiger partial charge is 0.490 e. The summed E-state index contributed by atoms with van der Waals surface area (Å²) in [5.74, 6) is 0.790. The molecule has 1 aromatic carbocycles. The van der Waals surface area contributed by atoms with Crippen LogP contribution in [0.5, 0.6) is 5.75 Å². The predicted molar refractivity (Wildman–Crippen MR) is 77.0 cm³/mol. The number of amides is 2. The lowest BCUT2D eigenvalue weighted by Crippen LogP contribution is -2.25.